The van der Waals surface area contributed by atoms with E-state index in [0.29, 0.717) is 42.4 Å². The zero-order valence-electron chi connectivity index (χ0n) is 22.4. The quantitative estimate of drug-likeness (QED) is 0.108. The van der Waals surface area contributed by atoms with Gasteiger partial charge >= 0.3 is 0 Å². The summed E-state index contributed by atoms with van der Waals surface area (Å²) in [6.07, 6.45) is 3.70. The molecule has 0 atom stereocenters. The fourth-order valence-electron chi connectivity index (χ4n) is 4.72. The van der Waals surface area contributed by atoms with E-state index in [4.69, 9.17) is 21.7 Å². The lowest BCUT2D eigenvalue weighted by Crippen LogP contribution is -2.54. The number of carbonyl (C=O) groups is 2. The van der Waals surface area contributed by atoms with E-state index in [1.54, 1.807) is 12.1 Å². The largest absolute Gasteiger partial charge is 0.490 e. The molecule has 0 radical (unpaired) electrons. The van der Waals surface area contributed by atoms with Crippen molar-refractivity contribution >= 4 is 51.7 Å². The van der Waals surface area contributed by atoms with Gasteiger partial charge in [0, 0.05) is 5.56 Å². The summed E-state index contributed by atoms with van der Waals surface area (Å²) in [7, 11) is 0. The lowest BCUT2D eigenvalue weighted by atomic mass is 10.0. The van der Waals surface area contributed by atoms with Gasteiger partial charge < -0.3 is 9.47 Å². The topological polar surface area (TPSA) is 67.9 Å². The van der Waals surface area contributed by atoms with Gasteiger partial charge in [0.25, 0.3) is 11.8 Å². The van der Waals surface area contributed by atoms with Crippen LogP contribution in [0.5, 0.6) is 11.5 Å². The molecule has 8 heteroatoms. The Morgan fingerprint density at radius 2 is 1.73 bits per heavy atom. The smallest absolute Gasteiger partial charge is 0.270 e. The maximum absolute atomic E-state index is 13.5. The number of rotatable bonds is 9. The van der Waals surface area contributed by atoms with Crippen LogP contribution in [0.1, 0.15) is 23.6 Å². The monoisotopic (exact) mass is 566 g/mol. The number of amides is 2. The molecular formula is C33H27FN2O4S. The highest BCUT2D eigenvalue weighted by Gasteiger charge is 2.34. The van der Waals surface area contributed by atoms with Crippen LogP contribution in [0.2, 0.25) is 0 Å². The lowest BCUT2D eigenvalue weighted by Gasteiger charge is -2.29. The molecule has 0 aromatic heterocycles. The van der Waals surface area contributed by atoms with Crippen molar-refractivity contribution in [3.05, 3.63) is 120 Å². The number of hydrogen-bond donors (Lipinski definition) is 1. The lowest BCUT2D eigenvalue weighted by molar-refractivity contribution is -0.122. The Hall–Kier alpha value is -4.82. The molecule has 5 rings (SSSR count). The SMILES string of the molecule is C=CCc1cc(/C=C2/C(=O)NC(=S)N(c3ccc(F)cc3)C2=O)cc(OCC)c1OCc1cccc2ccccc12. The molecule has 1 N–H and O–H groups in total. The number of carbonyl (C=O) groups excluding carboxylic acids is 2. The number of fused-ring (bicyclic) bond motifs is 1. The Bertz CT molecular complexity index is 1690. The molecule has 4 aromatic rings. The van der Waals surface area contributed by atoms with Gasteiger partial charge in [-0.15, -0.1) is 6.58 Å². The van der Waals surface area contributed by atoms with Crippen molar-refractivity contribution in [3.8, 4) is 11.5 Å². The van der Waals surface area contributed by atoms with Crippen LogP contribution in [0.15, 0.2) is 97.1 Å². The van der Waals surface area contributed by atoms with E-state index in [2.05, 4.69) is 30.1 Å². The van der Waals surface area contributed by atoms with Gasteiger partial charge in [-0.25, -0.2) is 4.39 Å². The van der Waals surface area contributed by atoms with Crippen LogP contribution in [0, 0.1) is 5.82 Å². The molecule has 1 saturated heterocycles. The highest BCUT2D eigenvalue weighted by Crippen LogP contribution is 2.36. The molecule has 0 unspecified atom stereocenters. The second-order valence-corrected chi connectivity index (χ2v) is 9.68. The van der Waals surface area contributed by atoms with Gasteiger partial charge in [0.2, 0.25) is 0 Å². The van der Waals surface area contributed by atoms with E-state index in [1.807, 2.05) is 37.3 Å². The summed E-state index contributed by atoms with van der Waals surface area (Å²) in [4.78, 5) is 27.5. The summed E-state index contributed by atoms with van der Waals surface area (Å²) in [5.41, 5.74) is 2.59. The van der Waals surface area contributed by atoms with Gasteiger partial charge in [-0.05, 0) is 89.9 Å². The molecule has 1 fully saturated rings. The summed E-state index contributed by atoms with van der Waals surface area (Å²) >= 11 is 5.24. The van der Waals surface area contributed by atoms with Gasteiger partial charge in [-0.3, -0.25) is 19.8 Å². The fraction of sp³-hybridized carbons (Fsp3) is 0.121. The van der Waals surface area contributed by atoms with Gasteiger partial charge in [-0.1, -0.05) is 48.5 Å². The van der Waals surface area contributed by atoms with Crippen LogP contribution in [0.3, 0.4) is 0 Å². The predicted molar refractivity (Wildman–Crippen MR) is 162 cm³/mol. The van der Waals surface area contributed by atoms with Gasteiger partial charge in [0.15, 0.2) is 16.6 Å². The first-order valence-electron chi connectivity index (χ1n) is 13.1. The average Bonchev–Trinajstić information content (AvgIpc) is 2.96. The normalized spacial score (nSPS) is 14.3. The Labute approximate surface area is 242 Å². The van der Waals surface area contributed by atoms with Crippen LogP contribution < -0.4 is 19.7 Å². The predicted octanol–water partition coefficient (Wildman–Crippen LogP) is 6.52. The maximum Gasteiger partial charge on any atom is 0.270 e. The fourth-order valence-corrected chi connectivity index (χ4v) is 5.00. The molecule has 1 aliphatic heterocycles. The van der Waals surface area contributed by atoms with Crippen molar-refractivity contribution < 1.29 is 23.5 Å². The summed E-state index contributed by atoms with van der Waals surface area (Å²) in [5.74, 6) is -0.656. The first kappa shape index (κ1) is 27.7. The zero-order valence-corrected chi connectivity index (χ0v) is 23.2. The van der Waals surface area contributed by atoms with E-state index < -0.39 is 17.6 Å². The van der Waals surface area contributed by atoms with Crippen LogP contribution in [0.25, 0.3) is 16.8 Å². The summed E-state index contributed by atoms with van der Waals surface area (Å²) in [6, 6.07) is 23.1. The Morgan fingerprint density at radius 3 is 2.49 bits per heavy atom. The molecule has 1 aliphatic rings. The molecule has 0 aliphatic carbocycles. The summed E-state index contributed by atoms with van der Waals surface area (Å²) in [5, 5.41) is 4.69. The number of nitrogens with zero attached hydrogens (tertiary/aromatic N) is 1. The minimum Gasteiger partial charge on any atom is -0.490 e. The number of ether oxygens (including phenoxy) is 2. The van der Waals surface area contributed by atoms with Crippen LogP contribution in [-0.2, 0) is 22.6 Å². The molecule has 0 saturated carbocycles. The van der Waals surface area contributed by atoms with Crippen molar-refractivity contribution in [3.63, 3.8) is 0 Å². The molecule has 4 aromatic carbocycles. The maximum atomic E-state index is 13.5. The summed E-state index contributed by atoms with van der Waals surface area (Å²) in [6.45, 7) is 6.44. The van der Waals surface area contributed by atoms with Crippen molar-refractivity contribution in [2.45, 2.75) is 20.0 Å². The summed E-state index contributed by atoms with van der Waals surface area (Å²) < 4.78 is 25.8. The number of allylic oxidation sites excluding steroid dienone is 1. The van der Waals surface area contributed by atoms with E-state index in [1.165, 1.54) is 30.3 Å². The molecule has 6 nitrogen and oxygen atoms in total. The van der Waals surface area contributed by atoms with Gasteiger partial charge in [-0.2, -0.15) is 0 Å². The van der Waals surface area contributed by atoms with Crippen molar-refractivity contribution in [2.75, 3.05) is 11.5 Å². The second-order valence-electron chi connectivity index (χ2n) is 9.29. The standard InChI is InChI=1S/C33H27FN2O4S/c1-3-8-23-17-21(18-28-31(37)35-33(41)36(32(28)38)26-15-13-25(34)14-16-26)19-29(39-4-2)30(23)40-20-24-11-7-10-22-9-5-6-12-27(22)24/h3,5-7,9-19H,1,4,8,20H2,2H3,(H,35,37,41)/b28-18-. The van der Waals surface area contributed by atoms with E-state index in [9.17, 15) is 14.0 Å². The highest BCUT2D eigenvalue weighted by atomic mass is 32.1. The number of thiocarbonyl (C=S) groups is 1. The number of anilines is 1. The highest BCUT2D eigenvalue weighted by molar-refractivity contribution is 7.80. The Kier molecular flexibility index (Phi) is 8.21. The van der Waals surface area contributed by atoms with Gasteiger partial charge in [0.05, 0.1) is 12.3 Å². The minimum absolute atomic E-state index is 0.0803. The first-order chi connectivity index (χ1) is 19.9. The van der Waals surface area contributed by atoms with E-state index >= 15 is 0 Å². The minimum atomic E-state index is -0.627. The number of halogens is 1. The van der Waals surface area contributed by atoms with Crippen LogP contribution in [0.4, 0.5) is 10.1 Å². The van der Waals surface area contributed by atoms with Gasteiger partial charge in [0.1, 0.15) is 18.0 Å². The van der Waals surface area contributed by atoms with Crippen molar-refractivity contribution in [1.82, 2.24) is 5.32 Å². The molecule has 41 heavy (non-hydrogen) atoms. The third-order valence-electron chi connectivity index (χ3n) is 6.57. The zero-order chi connectivity index (χ0) is 28.9. The average molecular weight is 567 g/mol. The molecule has 1 heterocycles. The number of benzene rings is 4. The molecule has 0 bridgehead atoms. The third kappa shape index (κ3) is 5.88. The molecular weight excluding hydrogens is 539 g/mol. The van der Waals surface area contributed by atoms with Crippen LogP contribution >= 0.6 is 12.2 Å². The van der Waals surface area contributed by atoms with Crippen molar-refractivity contribution in [1.29, 1.82) is 0 Å². The Balaban J connectivity index is 1.51. The molecule has 206 valence electrons. The van der Waals surface area contributed by atoms with Crippen molar-refractivity contribution in [2.24, 2.45) is 0 Å². The van der Waals surface area contributed by atoms with Crippen LogP contribution in [-0.4, -0.2) is 23.5 Å². The van der Waals surface area contributed by atoms with E-state index in [0.717, 1.165) is 26.8 Å². The first-order valence-corrected chi connectivity index (χ1v) is 13.5. The number of hydrogen-bond acceptors (Lipinski definition) is 5. The molecule has 0 spiro atoms. The second kappa shape index (κ2) is 12.1. The third-order valence-corrected chi connectivity index (χ3v) is 6.85. The Morgan fingerprint density at radius 1 is 0.976 bits per heavy atom. The number of nitrogens with one attached hydrogen (secondary N) is 1. The molecule has 2 amide bonds. The van der Waals surface area contributed by atoms with E-state index in [-0.39, 0.29) is 10.7 Å².